The van der Waals surface area contributed by atoms with E-state index in [1.165, 1.54) is 0 Å². The highest BCUT2D eigenvalue weighted by Gasteiger charge is 2.33. The van der Waals surface area contributed by atoms with E-state index in [2.05, 4.69) is 10.3 Å². The van der Waals surface area contributed by atoms with Crippen LogP contribution in [0.3, 0.4) is 0 Å². The number of rotatable bonds is 4. The quantitative estimate of drug-likeness (QED) is 0.880. The maximum Gasteiger partial charge on any atom is 0.433 e. The zero-order valence-corrected chi connectivity index (χ0v) is 12.4. The highest BCUT2D eigenvalue weighted by atomic mass is 32.2. The van der Waals surface area contributed by atoms with Gasteiger partial charge in [0, 0.05) is 29.1 Å². The molecule has 0 bridgehead atoms. The van der Waals surface area contributed by atoms with E-state index < -0.39 is 17.8 Å². The van der Waals surface area contributed by atoms with E-state index in [9.17, 15) is 18.0 Å². The summed E-state index contributed by atoms with van der Waals surface area (Å²) in [6, 6.07) is 1.61. The number of pyridine rings is 1. The summed E-state index contributed by atoms with van der Waals surface area (Å²) in [6.45, 7) is 0.395. The summed E-state index contributed by atoms with van der Waals surface area (Å²) in [6.07, 6.45) is -4.59. The Labute approximate surface area is 127 Å². The fourth-order valence-corrected chi connectivity index (χ4v) is 4.40. The number of anilines is 1. The van der Waals surface area contributed by atoms with E-state index in [4.69, 9.17) is 5.11 Å². The molecule has 0 amide bonds. The Kier molecular flexibility index (Phi) is 5.26. The zero-order chi connectivity index (χ0) is 15.5. The second-order valence-electron chi connectivity index (χ2n) is 4.34. The van der Waals surface area contributed by atoms with Crippen molar-refractivity contribution in [2.24, 2.45) is 0 Å². The van der Waals surface area contributed by atoms with Crippen molar-refractivity contribution < 1.29 is 23.1 Å². The van der Waals surface area contributed by atoms with Crippen molar-refractivity contribution in [3.05, 3.63) is 23.4 Å². The molecule has 1 unspecified atom stereocenters. The average molecular weight is 338 g/mol. The van der Waals surface area contributed by atoms with Crippen LogP contribution in [0.15, 0.2) is 12.1 Å². The van der Waals surface area contributed by atoms with Gasteiger partial charge in [-0.25, -0.2) is 9.78 Å². The Morgan fingerprint density at radius 2 is 2.19 bits per heavy atom. The van der Waals surface area contributed by atoms with Gasteiger partial charge in [-0.3, -0.25) is 0 Å². The molecular formula is C12H13F3N2O2S2. The number of carboxylic acid groups (broad SMARTS) is 1. The molecule has 2 rings (SSSR count). The van der Waals surface area contributed by atoms with Gasteiger partial charge in [-0.05, 0) is 12.1 Å². The van der Waals surface area contributed by atoms with Gasteiger partial charge in [0.1, 0.15) is 17.1 Å². The van der Waals surface area contributed by atoms with Gasteiger partial charge >= 0.3 is 12.1 Å². The number of carbonyl (C=O) groups is 1. The van der Waals surface area contributed by atoms with Crippen LogP contribution in [0, 0.1) is 0 Å². The van der Waals surface area contributed by atoms with Crippen LogP contribution in [-0.2, 0) is 6.18 Å². The van der Waals surface area contributed by atoms with Crippen molar-refractivity contribution in [2.75, 3.05) is 29.1 Å². The number of hydrogen-bond acceptors (Lipinski definition) is 5. The maximum atomic E-state index is 12.7. The highest BCUT2D eigenvalue weighted by Crippen LogP contribution is 2.30. The van der Waals surface area contributed by atoms with E-state index >= 15 is 0 Å². The lowest BCUT2D eigenvalue weighted by Gasteiger charge is -2.22. The number of aromatic nitrogens is 1. The van der Waals surface area contributed by atoms with Crippen LogP contribution in [-0.4, -0.2) is 45.1 Å². The molecule has 2 N–H and O–H groups in total. The topological polar surface area (TPSA) is 62.2 Å². The first-order chi connectivity index (χ1) is 9.88. The molecule has 1 fully saturated rings. The minimum Gasteiger partial charge on any atom is -0.478 e. The van der Waals surface area contributed by atoms with Gasteiger partial charge in [0.25, 0.3) is 0 Å². The monoisotopic (exact) mass is 338 g/mol. The van der Waals surface area contributed by atoms with Gasteiger partial charge in [-0.15, -0.1) is 0 Å². The standard InChI is InChI=1S/C12H13F3N2O2S2/c13-12(14,15)9-2-1-8(11(18)19)10(17-9)16-5-7-6-20-3-4-21-7/h1-2,7H,3-6H2,(H,16,17)(H,18,19). The first-order valence-corrected chi connectivity index (χ1v) is 8.33. The first kappa shape index (κ1) is 16.3. The van der Waals surface area contributed by atoms with E-state index in [0.29, 0.717) is 12.6 Å². The van der Waals surface area contributed by atoms with Crippen LogP contribution in [0.2, 0.25) is 0 Å². The lowest BCUT2D eigenvalue weighted by molar-refractivity contribution is -0.141. The van der Waals surface area contributed by atoms with Gasteiger partial charge in [0.05, 0.1) is 0 Å². The minimum atomic E-state index is -4.59. The van der Waals surface area contributed by atoms with Crippen molar-refractivity contribution in [1.82, 2.24) is 4.98 Å². The molecule has 1 aliphatic rings. The van der Waals surface area contributed by atoms with Gasteiger partial charge < -0.3 is 10.4 Å². The number of hydrogen-bond donors (Lipinski definition) is 2. The van der Waals surface area contributed by atoms with Crippen molar-refractivity contribution in [1.29, 1.82) is 0 Å². The molecule has 0 radical (unpaired) electrons. The normalized spacial score (nSPS) is 19.3. The number of thioether (sulfide) groups is 2. The lowest BCUT2D eigenvalue weighted by atomic mass is 10.2. The summed E-state index contributed by atoms with van der Waals surface area (Å²) in [5, 5.41) is 12.0. The summed E-state index contributed by atoms with van der Waals surface area (Å²) in [5.41, 5.74) is -1.35. The third kappa shape index (κ3) is 4.44. The van der Waals surface area contributed by atoms with E-state index in [1.54, 1.807) is 23.5 Å². The predicted molar refractivity (Wildman–Crippen MR) is 78.3 cm³/mol. The van der Waals surface area contributed by atoms with Crippen molar-refractivity contribution in [2.45, 2.75) is 11.4 Å². The summed E-state index contributed by atoms with van der Waals surface area (Å²) >= 11 is 3.50. The Bertz CT molecular complexity index is 520. The van der Waals surface area contributed by atoms with Crippen molar-refractivity contribution in [3.63, 3.8) is 0 Å². The van der Waals surface area contributed by atoms with Crippen LogP contribution < -0.4 is 5.32 Å². The predicted octanol–water partition coefficient (Wildman–Crippen LogP) is 3.06. The van der Waals surface area contributed by atoms with E-state index in [-0.39, 0.29) is 16.6 Å². The molecule has 1 saturated heterocycles. The molecule has 0 saturated carbocycles. The Morgan fingerprint density at radius 3 is 2.76 bits per heavy atom. The SMILES string of the molecule is O=C(O)c1ccc(C(F)(F)F)nc1NCC1CSCCS1. The number of carboxylic acids is 1. The molecule has 2 heterocycles. The Morgan fingerprint density at radius 1 is 1.43 bits per heavy atom. The van der Waals surface area contributed by atoms with Gasteiger partial charge in [-0.2, -0.15) is 36.7 Å². The molecule has 1 aromatic heterocycles. The van der Waals surface area contributed by atoms with Crippen LogP contribution in [0.1, 0.15) is 16.1 Å². The fourth-order valence-electron chi connectivity index (χ4n) is 1.79. The summed E-state index contributed by atoms with van der Waals surface area (Å²) in [4.78, 5) is 14.5. The van der Waals surface area contributed by atoms with Crippen molar-refractivity contribution in [3.8, 4) is 0 Å². The third-order valence-corrected chi connectivity index (χ3v) is 5.64. The van der Waals surface area contributed by atoms with Gasteiger partial charge in [0.15, 0.2) is 0 Å². The molecular weight excluding hydrogens is 325 g/mol. The summed E-state index contributed by atoms with van der Waals surface area (Å²) in [7, 11) is 0. The van der Waals surface area contributed by atoms with Crippen LogP contribution in [0.4, 0.5) is 19.0 Å². The Balaban J connectivity index is 2.16. The summed E-state index contributed by atoms with van der Waals surface area (Å²) in [5.74, 6) is 1.40. The van der Waals surface area contributed by atoms with E-state index in [0.717, 1.165) is 23.3 Å². The lowest BCUT2D eigenvalue weighted by Crippen LogP contribution is -2.25. The molecule has 116 valence electrons. The molecule has 9 heteroatoms. The average Bonchev–Trinajstić information content (AvgIpc) is 2.45. The highest BCUT2D eigenvalue weighted by molar-refractivity contribution is 8.06. The number of halogens is 3. The molecule has 21 heavy (non-hydrogen) atoms. The fraction of sp³-hybridized carbons (Fsp3) is 0.500. The van der Waals surface area contributed by atoms with Gasteiger partial charge in [0.2, 0.25) is 0 Å². The molecule has 4 nitrogen and oxygen atoms in total. The second-order valence-corrected chi connectivity index (χ2v) is 6.90. The van der Waals surface area contributed by atoms with Crippen molar-refractivity contribution >= 4 is 35.3 Å². The van der Waals surface area contributed by atoms with Crippen LogP contribution in [0.5, 0.6) is 0 Å². The maximum absolute atomic E-state index is 12.7. The molecule has 1 aromatic rings. The smallest absolute Gasteiger partial charge is 0.433 e. The molecule has 1 atom stereocenters. The number of alkyl halides is 3. The molecule has 0 aromatic carbocycles. The second kappa shape index (κ2) is 6.78. The van der Waals surface area contributed by atoms with E-state index in [1.807, 2.05) is 0 Å². The van der Waals surface area contributed by atoms with Crippen LogP contribution >= 0.6 is 23.5 Å². The third-order valence-electron chi connectivity index (χ3n) is 2.80. The molecule has 0 spiro atoms. The molecule has 0 aliphatic carbocycles. The zero-order valence-electron chi connectivity index (χ0n) is 10.8. The number of aromatic carboxylic acids is 1. The molecule has 1 aliphatic heterocycles. The minimum absolute atomic E-state index is 0.228. The largest absolute Gasteiger partial charge is 0.478 e. The Hall–Kier alpha value is -1.09. The first-order valence-electron chi connectivity index (χ1n) is 6.12. The van der Waals surface area contributed by atoms with Crippen LogP contribution in [0.25, 0.3) is 0 Å². The van der Waals surface area contributed by atoms with Gasteiger partial charge in [-0.1, -0.05) is 0 Å². The summed E-state index contributed by atoms with van der Waals surface area (Å²) < 4.78 is 38.0. The number of nitrogens with zero attached hydrogens (tertiary/aromatic N) is 1. The number of nitrogens with one attached hydrogen (secondary N) is 1.